The highest BCUT2D eigenvalue weighted by Crippen LogP contribution is 2.26. The van der Waals surface area contributed by atoms with E-state index in [1.807, 2.05) is 19.9 Å². The first-order chi connectivity index (χ1) is 11.6. The highest BCUT2D eigenvalue weighted by atomic mass is 35.5. The fourth-order valence-electron chi connectivity index (χ4n) is 2.18. The minimum Gasteiger partial charge on any atom is -0.378 e. The van der Waals surface area contributed by atoms with Gasteiger partial charge in [0.05, 0.1) is 13.2 Å². The van der Waals surface area contributed by atoms with Crippen LogP contribution in [-0.4, -0.2) is 57.8 Å². The summed E-state index contributed by atoms with van der Waals surface area (Å²) in [6, 6.07) is 1.85. The van der Waals surface area contributed by atoms with E-state index in [0.717, 1.165) is 25.3 Å². The predicted octanol–water partition coefficient (Wildman–Crippen LogP) is 2.04. The van der Waals surface area contributed by atoms with Gasteiger partial charge in [0.15, 0.2) is 0 Å². The molecule has 0 saturated carbocycles. The average Bonchev–Trinajstić information content (AvgIpc) is 2.55. The number of nitrogens with zero attached hydrogens (tertiary/aromatic N) is 6. The Morgan fingerprint density at radius 2 is 2.00 bits per heavy atom. The summed E-state index contributed by atoms with van der Waals surface area (Å²) in [5.74, 6) is 1.19. The Hall–Kier alpha value is -1.71. The number of halogens is 1. The highest BCUT2D eigenvalue weighted by Gasteiger charge is 2.17. The molecule has 0 radical (unpaired) electrons. The summed E-state index contributed by atoms with van der Waals surface area (Å²) in [6.07, 6.45) is 0. The van der Waals surface area contributed by atoms with Gasteiger partial charge in [0.1, 0.15) is 5.03 Å². The summed E-state index contributed by atoms with van der Waals surface area (Å²) in [7, 11) is 0. The summed E-state index contributed by atoms with van der Waals surface area (Å²) in [5, 5.41) is 4.63. The van der Waals surface area contributed by atoms with Crippen LogP contribution in [0.25, 0.3) is 0 Å². The van der Waals surface area contributed by atoms with Crippen LogP contribution in [0, 0.1) is 6.92 Å². The summed E-state index contributed by atoms with van der Waals surface area (Å²) < 4.78 is 5.39. The van der Waals surface area contributed by atoms with Crippen molar-refractivity contribution in [1.29, 1.82) is 0 Å². The lowest BCUT2D eigenvalue weighted by molar-refractivity contribution is 0.122. The second-order valence-electron chi connectivity index (χ2n) is 5.09. The van der Waals surface area contributed by atoms with Gasteiger partial charge in [-0.2, -0.15) is 15.0 Å². The Morgan fingerprint density at radius 1 is 1.21 bits per heavy atom. The molecule has 8 nitrogen and oxygen atoms in total. The fraction of sp³-hybridized carbons (Fsp3) is 0.500. The van der Waals surface area contributed by atoms with E-state index in [4.69, 9.17) is 16.3 Å². The molecule has 0 unspecified atom stereocenters. The van der Waals surface area contributed by atoms with Crippen LogP contribution in [0.2, 0.25) is 5.28 Å². The number of aryl methyl sites for hydroxylation is 1. The van der Waals surface area contributed by atoms with Gasteiger partial charge in [0, 0.05) is 25.3 Å². The molecule has 3 heterocycles. The molecule has 2 aromatic rings. The number of rotatable bonds is 5. The van der Waals surface area contributed by atoms with Crippen LogP contribution in [0.15, 0.2) is 16.2 Å². The molecule has 1 fully saturated rings. The smallest absolute Gasteiger partial charge is 0.231 e. The SMILES string of the molecule is CCNc1nc(Sc2cc(C)nc(Cl)n2)nc(N2CCOCC2)n1. The summed E-state index contributed by atoms with van der Waals surface area (Å²) in [6.45, 7) is 7.47. The van der Waals surface area contributed by atoms with Crippen molar-refractivity contribution in [3.8, 4) is 0 Å². The van der Waals surface area contributed by atoms with E-state index in [9.17, 15) is 0 Å². The number of morpholine rings is 1. The maximum absolute atomic E-state index is 5.93. The maximum Gasteiger partial charge on any atom is 0.231 e. The van der Waals surface area contributed by atoms with E-state index in [1.54, 1.807) is 0 Å². The van der Waals surface area contributed by atoms with E-state index >= 15 is 0 Å². The molecule has 1 saturated heterocycles. The van der Waals surface area contributed by atoms with Crippen LogP contribution in [0.1, 0.15) is 12.6 Å². The van der Waals surface area contributed by atoms with Crippen LogP contribution in [0.4, 0.5) is 11.9 Å². The zero-order chi connectivity index (χ0) is 16.9. The monoisotopic (exact) mass is 367 g/mol. The van der Waals surface area contributed by atoms with E-state index in [1.165, 1.54) is 11.8 Å². The minimum absolute atomic E-state index is 0.215. The zero-order valence-corrected chi connectivity index (χ0v) is 15.1. The van der Waals surface area contributed by atoms with Crippen molar-refractivity contribution in [3.05, 3.63) is 17.0 Å². The van der Waals surface area contributed by atoms with Crippen molar-refractivity contribution in [1.82, 2.24) is 24.9 Å². The highest BCUT2D eigenvalue weighted by molar-refractivity contribution is 7.99. The standard InChI is InChI=1S/C14H18ClN7OS/c1-3-16-12-19-13(22-4-6-23-7-5-22)21-14(20-12)24-10-8-9(2)17-11(15)18-10/h8H,3-7H2,1-2H3,(H,16,19,20,21). The Morgan fingerprint density at radius 3 is 2.71 bits per heavy atom. The topological polar surface area (TPSA) is 89.0 Å². The molecule has 128 valence electrons. The molecular formula is C14H18ClN7OS. The Balaban J connectivity index is 1.89. The number of aromatic nitrogens is 5. The van der Waals surface area contributed by atoms with Crippen LogP contribution in [-0.2, 0) is 4.74 Å². The lowest BCUT2D eigenvalue weighted by atomic mass is 10.4. The number of hydrogen-bond acceptors (Lipinski definition) is 9. The molecule has 3 rings (SSSR count). The first kappa shape index (κ1) is 17.1. The van der Waals surface area contributed by atoms with Gasteiger partial charge in [0.25, 0.3) is 0 Å². The van der Waals surface area contributed by atoms with Gasteiger partial charge in [-0.25, -0.2) is 9.97 Å². The number of nitrogens with one attached hydrogen (secondary N) is 1. The van der Waals surface area contributed by atoms with Gasteiger partial charge >= 0.3 is 0 Å². The summed E-state index contributed by atoms with van der Waals surface area (Å²) >= 11 is 7.27. The zero-order valence-electron chi connectivity index (χ0n) is 13.5. The molecular weight excluding hydrogens is 350 g/mol. The van der Waals surface area contributed by atoms with Gasteiger partial charge < -0.3 is 15.0 Å². The Labute approximate surface area is 149 Å². The number of anilines is 2. The van der Waals surface area contributed by atoms with Crippen LogP contribution < -0.4 is 10.2 Å². The third-order valence-electron chi connectivity index (χ3n) is 3.23. The molecule has 1 aliphatic rings. The molecule has 0 aliphatic carbocycles. The van der Waals surface area contributed by atoms with E-state index in [-0.39, 0.29) is 5.28 Å². The first-order valence-corrected chi connectivity index (χ1v) is 8.85. The third-order valence-corrected chi connectivity index (χ3v) is 4.18. The van der Waals surface area contributed by atoms with Crippen molar-refractivity contribution < 1.29 is 4.74 Å². The number of ether oxygens (including phenoxy) is 1. The minimum atomic E-state index is 0.215. The Bertz CT molecular complexity index is 691. The lowest BCUT2D eigenvalue weighted by Gasteiger charge is -2.27. The van der Waals surface area contributed by atoms with Crippen molar-refractivity contribution in [2.45, 2.75) is 24.0 Å². The van der Waals surface area contributed by atoms with Crippen molar-refractivity contribution in [2.24, 2.45) is 0 Å². The van der Waals surface area contributed by atoms with Gasteiger partial charge in [0.2, 0.25) is 22.3 Å². The van der Waals surface area contributed by atoms with Crippen molar-refractivity contribution in [3.63, 3.8) is 0 Å². The van der Waals surface area contributed by atoms with Gasteiger partial charge in [-0.05, 0) is 43.3 Å². The van der Waals surface area contributed by atoms with Crippen LogP contribution >= 0.6 is 23.4 Å². The molecule has 0 atom stereocenters. The van der Waals surface area contributed by atoms with Crippen molar-refractivity contribution >= 4 is 35.3 Å². The molecule has 24 heavy (non-hydrogen) atoms. The van der Waals surface area contributed by atoms with Gasteiger partial charge in [-0.3, -0.25) is 0 Å². The van der Waals surface area contributed by atoms with E-state index in [2.05, 4.69) is 35.1 Å². The van der Waals surface area contributed by atoms with Crippen LogP contribution in [0.5, 0.6) is 0 Å². The van der Waals surface area contributed by atoms with Gasteiger partial charge in [-0.15, -0.1) is 0 Å². The second kappa shape index (κ2) is 7.91. The molecule has 0 aromatic carbocycles. The first-order valence-electron chi connectivity index (χ1n) is 7.65. The summed E-state index contributed by atoms with van der Waals surface area (Å²) in [4.78, 5) is 23.9. The normalized spacial score (nSPS) is 14.7. The molecule has 1 N–H and O–H groups in total. The molecule has 10 heteroatoms. The van der Waals surface area contributed by atoms with Gasteiger partial charge in [-0.1, -0.05) is 0 Å². The molecule has 0 amide bonds. The van der Waals surface area contributed by atoms with Crippen molar-refractivity contribution in [2.75, 3.05) is 43.1 Å². The molecule has 1 aliphatic heterocycles. The Kier molecular flexibility index (Phi) is 5.64. The molecule has 0 bridgehead atoms. The average molecular weight is 368 g/mol. The quantitative estimate of drug-likeness (QED) is 0.629. The second-order valence-corrected chi connectivity index (χ2v) is 6.42. The summed E-state index contributed by atoms with van der Waals surface area (Å²) in [5.41, 5.74) is 0.798. The number of hydrogen-bond donors (Lipinski definition) is 1. The lowest BCUT2D eigenvalue weighted by Crippen LogP contribution is -2.37. The van der Waals surface area contributed by atoms with E-state index in [0.29, 0.717) is 35.3 Å². The third kappa shape index (κ3) is 4.43. The van der Waals surface area contributed by atoms with E-state index < -0.39 is 0 Å². The molecule has 0 spiro atoms. The fourth-order valence-corrected chi connectivity index (χ4v) is 3.27. The maximum atomic E-state index is 5.93. The van der Waals surface area contributed by atoms with Crippen LogP contribution in [0.3, 0.4) is 0 Å². The molecule has 2 aromatic heterocycles. The largest absolute Gasteiger partial charge is 0.378 e. The predicted molar refractivity (Wildman–Crippen MR) is 92.9 cm³/mol.